The maximum atomic E-state index is 15.4. The minimum atomic E-state index is -0.661. The number of ether oxygens (including phenoxy) is 1. The summed E-state index contributed by atoms with van der Waals surface area (Å²) in [5.74, 6) is -1.59. The van der Waals surface area contributed by atoms with Gasteiger partial charge < -0.3 is 36.8 Å². The van der Waals surface area contributed by atoms with Crippen molar-refractivity contribution in [2.24, 2.45) is 0 Å². The van der Waals surface area contributed by atoms with Crippen molar-refractivity contribution >= 4 is 69.4 Å². The highest BCUT2D eigenvalue weighted by Crippen LogP contribution is 2.36. The first-order chi connectivity index (χ1) is 33.7. The first kappa shape index (κ1) is 51.0. The fourth-order valence-corrected chi connectivity index (χ4v) is 7.13. The van der Waals surface area contributed by atoms with E-state index in [0.29, 0.717) is 54.2 Å². The maximum absolute atomic E-state index is 15.4. The summed E-state index contributed by atoms with van der Waals surface area (Å²) < 4.78 is 35.9. The highest BCUT2D eigenvalue weighted by Gasteiger charge is 2.21. The van der Waals surface area contributed by atoms with Crippen molar-refractivity contribution in [2.45, 2.75) is 71.5 Å². The molecule has 0 aliphatic carbocycles. The molecule has 2 unspecified atom stereocenters. The van der Waals surface area contributed by atoms with Crippen molar-refractivity contribution in [1.82, 2.24) is 50.5 Å². The first-order valence-electron chi connectivity index (χ1n) is 21.8. The van der Waals surface area contributed by atoms with Crippen LogP contribution < -0.4 is 37.3 Å². The van der Waals surface area contributed by atoms with Crippen molar-refractivity contribution < 1.29 is 33.0 Å². The molecule has 2 amide bonds. The van der Waals surface area contributed by atoms with Gasteiger partial charge in [-0.25, -0.2) is 38.7 Å². The molecule has 23 heteroatoms. The van der Waals surface area contributed by atoms with Crippen molar-refractivity contribution in [2.75, 3.05) is 29.5 Å². The van der Waals surface area contributed by atoms with Crippen LogP contribution in [-0.2, 0) is 16.1 Å². The topological polar surface area (TPSA) is 302 Å². The van der Waals surface area contributed by atoms with Crippen LogP contribution in [0.4, 0.5) is 26.1 Å². The number of rotatable bonds is 19. The minimum Gasteiger partial charge on any atom is -0.483 e. The van der Waals surface area contributed by atoms with Gasteiger partial charge in [0.2, 0.25) is 11.9 Å². The molecular formula is C47H47ClF2N14O6. The van der Waals surface area contributed by atoms with E-state index in [1.165, 1.54) is 42.9 Å². The number of pyridine rings is 2. The predicted octanol–water partition coefficient (Wildman–Crippen LogP) is 6.56. The van der Waals surface area contributed by atoms with Crippen LogP contribution >= 0.6 is 11.6 Å². The lowest BCUT2D eigenvalue weighted by Gasteiger charge is -2.20. The number of H-pyrrole nitrogens is 1. The molecule has 0 bridgehead atoms. The number of carbonyl (C=O) groups is 3. The van der Waals surface area contributed by atoms with Gasteiger partial charge in [0.1, 0.15) is 17.0 Å². The summed E-state index contributed by atoms with van der Waals surface area (Å²) in [5, 5.41) is 28.6. The number of nitrogens with zero attached hydrogens (tertiary/aromatic N) is 8. The van der Waals surface area contributed by atoms with Gasteiger partial charge in [0.25, 0.3) is 17.9 Å². The number of nitrogens with one attached hydrogen (secondary N) is 5. The molecule has 5 heterocycles. The Hall–Kier alpha value is -8.45. The molecule has 2 atom stereocenters. The Morgan fingerprint density at radius 3 is 2.44 bits per heavy atom. The molecule has 362 valence electrons. The van der Waals surface area contributed by atoms with Gasteiger partial charge in [-0.2, -0.15) is 10.2 Å². The molecule has 0 saturated heterocycles. The number of anilines is 3. The van der Waals surface area contributed by atoms with Crippen molar-refractivity contribution in [3.8, 4) is 23.3 Å². The van der Waals surface area contributed by atoms with Gasteiger partial charge in [-0.1, -0.05) is 11.6 Å². The number of amides is 2. The van der Waals surface area contributed by atoms with Gasteiger partial charge in [-0.05, 0) is 88.9 Å². The molecule has 0 aliphatic rings. The molecule has 0 fully saturated rings. The summed E-state index contributed by atoms with van der Waals surface area (Å²) >= 11 is 6.66. The SMILES string of the molecule is Cc1nc2cc(F)c(-c3cnc(OCCCCCNC(=O)CCC(C)NC(=O)c4ccc(NCc5cnc6nc(N)[nH]c(=O)c6n5)cc4)nc3)nc2c(NC(C)c2cc(C#N)ccc2F)c1Cl.O=CO. The number of unbranched alkanes of at least 4 members (excludes halogenated alkanes) is 2. The number of fused-ring (bicyclic) bond motifs is 2. The molecule has 70 heavy (non-hydrogen) atoms. The number of nitriles is 1. The molecule has 0 saturated carbocycles. The number of aromatic amines is 1. The molecule has 20 nitrogen and oxygen atoms in total. The Bertz CT molecular complexity index is 3100. The normalized spacial score (nSPS) is 11.7. The number of carboxylic acid groups (broad SMARTS) is 1. The molecular weight excluding hydrogens is 930 g/mol. The fraction of sp³-hybridized carbons (Fsp3) is 0.277. The third kappa shape index (κ3) is 13.4. The summed E-state index contributed by atoms with van der Waals surface area (Å²) in [6.45, 7) is 6.05. The Labute approximate surface area is 403 Å². The van der Waals surface area contributed by atoms with Crippen LogP contribution in [0.5, 0.6) is 6.01 Å². The average Bonchev–Trinajstić information content (AvgIpc) is 3.34. The zero-order valence-corrected chi connectivity index (χ0v) is 38.8. The second-order valence-corrected chi connectivity index (χ2v) is 16.1. The van der Waals surface area contributed by atoms with Crippen LogP contribution in [0.3, 0.4) is 0 Å². The zero-order chi connectivity index (χ0) is 50.3. The molecule has 0 radical (unpaired) electrons. The molecule has 7 aromatic rings. The predicted molar refractivity (Wildman–Crippen MR) is 257 cm³/mol. The Balaban J connectivity index is 0.00000261. The number of hydrogen-bond acceptors (Lipinski definition) is 16. The third-order valence-corrected chi connectivity index (χ3v) is 11.0. The molecule has 8 N–H and O–H groups in total. The smallest absolute Gasteiger partial charge is 0.316 e. The molecule has 5 aromatic heterocycles. The van der Waals surface area contributed by atoms with Crippen LogP contribution in [0.25, 0.3) is 33.5 Å². The number of carbonyl (C=O) groups excluding carboxylic acids is 2. The summed E-state index contributed by atoms with van der Waals surface area (Å²) in [7, 11) is 0. The number of hydrogen-bond donors (Lipinski definition) is 7. The lowest BCUT2D eigenvalue weighted by molar-refractivity contribution is -0.123. The quantitative estimate of drug-likeness (QED) is 0.0333. The van der Waals surface area contributed by atoms with Crippen LogP contribution in [0.15, 0.2) is 71.9 Å². The number of aromatic nitrogens is 8. The third-order valence-electron chi connectivity index (χ3n) is 10.5. The number of aryl methyl sites for hydroxylation is 1. The Kier molecular flexibility index (Phi) is 17.5. The lowest BCUT2D eigenvalue weighted by Crippen LogP contribution is -2.34. The minimum absolute atomic E-state index is 0.0366. The second kappa shape index (κ2) is 24.0. The zero-order valence-electron chi connectivity index (χ0n) is 38.0. The van der Waals surface area contributed by atoms with Crippen molar-refractivity contribution in [1.29, 1.82) is 5.26 Å². The number of halogens is 3. The van der Waals surface area contributed by atoms with Crippen molar-refractivity contribution in [3.63, 3.8) is 0 Å². The Morgan fingerprint density at radius 2 is 1.71 bits per heavy atom. The van der Waals surface area contributed by atoms with E-state index in [0.717, 1.165) is 18.5 Å². The van der Waals surface area contributed by atoms with Crippen LogP contribution in [0.2, 0.25) is 5.02 Å². The van der Waals surface area contributed by atoms with Gasteiger partial charge in [0, 0.05) is 59.8 Å². The second-order valence-electron chi connectivity index (χ2n) is 15.7. The van der Waals surface area contributed by atoms with Gasteiger partial charge in [-0.3, -0.25) is 24.2 Å². The summed E-state index contributed by atoms with van der Waals surface area (Å²) in [5.41, 5.74) is 9.02. The standard InChI is InChI=1S/C46H45ClF2N14O4.CH2O2/c1-24(57-43(65)28-9-11-30(12-10-28)53-22-31-23-54-42-41(60-31)44(66)63-45(51)62-42)7-14-36(64)52-15-5-4-6-16-67-46-55-20-29(21-56-46)38-34(49)18-35-39(61-38)40(37(47)26(3)58-35)59-25(2)32-17-27(19-50)8-13-33(32)48;2-1-3/h8-13,17-18,20-21,23-25,53H,4-7,14-16,22H2,1-3H3,(H,52,64)(H,57,65)(H,58,59)(H3,51,54,62,63,66);1H,(H,2,3). The summed E-state index contributed by atoms with van der Waals surface area (Å²) in [6.07, 6.45) is 7.15. The van der Waals surface area contributed by atoms with Gasteiger partial charge >= 0.3 is 6.01 Å². The van der Waals surface area contributed by atoms with Crippen molar-refractivity contribution in [3.05, 3.63) is 122 Å². The van der Waals surface area contributed by atoms with Gasteiger partial charge in [-0.15, -0.1) is 0 Å². The molecule has 0 spiro atoms. The van der Waals surface area contributed by atoms with Gasteiger partial charge in [0.05, 0.1) is 64.6 Å². The first-order valence-corrected chi connectivity index (χ1v) is 22.1. The monoisotopic (exact) mass is 976 g/mol. The number of nitrogens with two attached hydrogens (primary N) is 1. The van der Waals surface area contributed by atoms with E-state index in [-0.39, 0.29) is 93.3 Å². The largest absolute Gasteiger partial charge is 0.483 e. The van der Waals surface area contributed by atoms with Gasteiger partial charge in [0.15, 0.2) is 17.0 Å². The Morgan fingerprint density at radius 1 is 0.971 bits per heavy atom. The van der Waals surface area contributed by atoms with Crippen LogP contribution in [-0.4, -0.2) is 82.5 Å². The summed E-state index contributed by atoms with van der Waals surface area (Å²) in [6, 6.07) is 13.4. The van der Waals surface area contributed by atoms with E-state index >= 15 is 4.39 Å². The van der Waals surface area contributed by atoms with E-state index in [4.69, 9.17) is 32.0 Å². The molecule has 2 aromatic carbocycles. The van der Waals surface area contributed by atoms with Crippen LogP contribution in [0, 0.1) is 29.9 Å². The molecule has 7 rings (SSSR count). The van der Waals surface area contributed by atoms with E-state index in [1.54, 1.807) is 38.1 Å². The number of nitrogen functional groups attached to an aromatic ring is 1. The molecule has 0 aliphatic heterocycles. The highest BCUT2D eigenvalue weighted by molar-refractivity contribution is 6.35. The maximum Gasteiger partial charge on any atom is 0.316 e. The van der Waals surface area contributed by atoms with E-state index < -0.39 is 23.2 Å². The van der Waals surface area contributed by atoms with Crippen LogP contribution in [0.1, 0.15) is 84.9 Å². The average molecular weight is 977 g/mol. The van der Waals surface area contributed by atoms with E-state index in [9.17, 15) is 24.0 Å². The van der Waals surface area contributed by atoms with E-state index in [2.05, 4.69) is 61.1 Å². The lowest BCUT2D eigenvalue weighted by atomic mass is 10.0. The number of benzene rings is 2. The summed E-state index contributed by atoms with van der Waals surface area (Å²) in [4.78, 5) is 78.1. The van der Waals surface area contributed by atoms with E-state index in [1.807, 2.05) is 13.0 Å². The highest BCUT2D eigenvalue weighted by atomic mass is 35.5. The fourth-order valence-electron chi connectivity index (χ4n) is 6.95.